The zero-order chi connectivity index (χ0) is 10.7. The second kappa shape index (κ2) is 4.20. The minimum absolute atomic E-state index is 0.191. The van der Waals surface area contributed by atoms with Crippen molar-refractivity contribution in [1.29, 1.82) is 5.26 Å². The Labute approximate surface area is 95.6 Å². The lowest BCUT2D eigenvalue weighted by molar-refractivity contribution is 1.12. The number of benzene rings is 1. The molecule has 0 atom stereocenters. The molecular formula is C11H6BrN3. The van der Waals surface area contributed by atoms with Gasteiger partial charge in [-0.3, -0.25) is 0 Å². The molecule has 2 rings (SSSR count). The molecule has 0 saturated heterocycles. The molecular weight excluding hydrogens is 254 g/mol. The Morgan fingerprint density at radius 3 is 2.13 bits per heavy atom. The van der Waals surface area contributed by atoms with Gasteiger partial charge in [-0.2, -0.15) is 5.26 Å². The predicted molar refractivity (Wildman–Crippen MR) is 59.9 cm³/mol. The highest BCUT2D eigenvalue weighted by molar-refractivity contribution is 9.10. The van der Waals surface area contributed by atoms with E-state index >= 15 is 0 Å². The Bertz CT molecular complexity index is 497. The fourth-order valence-corrected chi connectivity index (χ4v) is 1.44. The van der Waals surface area contributed by atoms with E-state index in [2.05, 4.69) is 25.9 Å². The van der Waals surface area contributed by atoms with E-state index in [-0.39, 0.29) is 5.82 Å². The summed E-state index contributed by atoms with van der Waals surface area (Å²) in [5.74, 6) is 0.191. The van der Waals surface area contributed by atoms with Crippen molar-refractivity contribution in [3.63, 3.8) is 0 Å². The summed E-state index contributed by atoms with van der Waals surface area (Å²) in [5, 5.41) is 8.55. The van der Waals surface area contributed by atoms with E-state index in [4.69, 9.17) is 5.26 Å². The van der Waals surface area contributed by atoms with Crippen LogP contribution in [0.25, 0.3) is 11.1 Å². The fourth-order valence-electron chi connectivity index (χ4n) is 1.18. The highest BCUT2D eigenvalue weighted by atomic mass is 79.9. The van der Waals surface area contributed by atoms with Crippen LogP contribution >= 0.6 is 15.9 Å². The molecule has 4 heteroatoms. The summed E-state index contributed by atoms with van der Waals surface area (Å²) in [7, 11) is 0. The van der Waals surface area contributed by atoms with Gasteiger partial charge in [0, 0.05) is 22.4 Å². The van der Waals surface area contributed by atoms with Gasteiger partial charge in [0.25, 0.3) is 0 Å². The minimum Gasteiger partial charge on any atom is -0.227 e. The number of nitrogens with zero attached hydrogens (tertiary/aromatic N) is 3. The molecule has 15 heavy (non-hydrogen) atoms. The summed E-state index contributed by atoms with van der Waals surface area (Å²) < 4.78 is 1.03. The second-order valence-electron chi connectivity index (χ2n) is 2.91. The van der Waals surface area contributed by atoms with E-state index < -0.39 is 0 Å². The molecule has 0 aliphatic carbocycles. The number of hydrogen-bond donors (Lipinski definition) is 0. The van der Waals surface area contributed by atoms with Crippen molar-refractivity contribution < 1.29 is 0 Å². The lowest BCUT2D eigenvalue weighted by Crippen LogP contribution is -1.88. The van der Waals surface area contributed by atoms with Crippen LogP contribution in [-0.2, 0) is 0 Å². The topological polar surface area (TPSA) is 49.6 Å². The van der Waals surface area contributed by atoms with Crippen LogP contribution in [-0.4, -0.2) is 9.97 Å². The molecule has 1 aromatic heterocycles. The van der Waals surface area contributed by atoms with Crippen LogP contribution in [0, 0.1) is 11.3 Å². The first-order valence-corrected chi connectivity index (χ1v) is 5.07. The second-order valence-corrected chi connectivity index (χ2v) is 3.83. The van der Waals surface area contributed by atoms with Crippen molar-refractivity contribution in [3.8, 4) is 17.2 Å². The van der Waals surface area contributed by atoms with Gasteiger partial charge in [-0.25, -0.2) is 9.97 Å². The molecule has 0 fully saturated rings. The molecule has 0 saturated carbocycles. The summed E-state index contributed by atoms with van der Waals surface area (Å²) in [6, 6.07) is 9.72. The maximum atomic E-state index is 8.55. The van der Waals surface area contributed by atoms with Gasteiger partial charge in [-0.15, -0.1) is 0 Å². The number of rotatable bonds is 1. The maximum absolute atomic E-state index is 8.55. The van der Waals surface area contributed by atoms with Gasteiger partial charge in [0.05, 0.1) is 0 Å². The summed E-state index contributed by atoms with van der Waals surface area (Å²) in [5.41, 5.74) is 1.93. The average Bonchev–Trinajstić information content (AvgIpc) is 2.30. The largest absolute Gasteiger partial charge is 0.232 e. The predicted octanol–water partition coefficient (Wildman–Crippen LogP) is 2.78. The highest BCUT2D eigenvalue weighted by Crippen LogP contribution is 2.19. The third-order valence-electron chi connectivity index (χ3n) is 1.93. The van der Waals surface area contributed by atoms with E-state index in [0.29, 0.717) is 0 Å². The Morgan fingerprint density at radius 1 is 1.00 bits per heavy atom. The lowest BCUT2D eigenvalue weighted by Gasteiger charge is -1.99. The van der Waals surface area contributed by atoms with Crippen LogP contribution in [0.1, 0.15) is 5.82 Å². The maximum Gasteiger partial charge on any atom is 0.232 e. The van der Waals surface area contributed by atoms with Gasteiger partial charge in [0.15, 0.2) is 0 Å². The van der Waals surface area contributed by atoms with Gasteiger partial charge >= 0.3 is 0 Å². The average molecular weight is 260 g/mol. The van der Waals surface area contributed by atoms with Crippen LogP contribution in [0.15, 0.2) is 41.1 Å². The van der Waals surface area contributed by atoms with Gasteiger partial charge in [0.2, 0.25) is 5.82 Å². The summed E-state index contributed by atoms with van der Waals surface area (Å²) in [6.45, 7) is 0. The molecule has 1 heterocycles. The lowest BCUT2D eigenvalue weighted by atomic mass is 10.1. The molecule has 0 aliphatic rings. The first kappa shape index (κ1) is 9.81. The van der Waals surface area contributed by atoms with Crippen molar-refractivity contribution in [2.75, 3.05) is 0 Å². The molecule has 1 aromatic carbocycles. The van der Waals surface area contributed by atoms with E-state index in [1.807, 2.05) is 30.3 Å². The molecule has 2 aromatic rings. The van der Waals surface area contributed by atoms with Gasteiger partial charge < -0.3 is 0 Å². The highest BCUT2D eigenvalue weighted by Gasteiger charge is 1.99. The van der Waals surface area contributed by atoms with E-state index in [9.17, 15) is 0 Å². The number of aromatic nitrogens is 2. The van der Waals surface area contributed by atoms with Crippen molar-refractivity contribution >= 4 is 15.9 Å². The van der Waals surface area contributed by atoms with Gasteiger partial charge in [0.1, 0.15) is 6.07 Å². The van der Waals surface area contributed by atoms with Crippen molar-refractivity contribution in [2.45, 2.75) is 0 Å². The molecule has 0 aliphatic heterocycles. The molecule has 0 bridgehead atoms. The third-order valence-corrected chi connectivity index (χ3v) is 2.46. The smallest absolute Gasteiger partial charge is 0.227 e. The minimum atomic E-state index is 0.191. The Kier molecular flexibility index (Phi) is 2.75. The molecule has 3 nitrogen and oxygen atoms in total. The van der Waals surface area contributed by atoms with Crippen LogP contribution < -0.4 is 0 Å². The van der Waals surface area contributed by atoms with Crippen molar-refractivity contribution in [2.24, 2.45) is 0 Å². The molecule has 0 N–H and O–H groups in total. The first-order chi connectivity index (χ1) is 7.29. The number of hydrogen-bond acceptors (Lipinski definition) is 3. The molecule has 0 unspecified atom stereocenters. The molecule has 0 spiro atoms. The van der Waals surface area contributed by atoms with Gasteiger partial charge in [-0.1, -0.05) is 28.1 Å². The van der Waals surface area contributed by atoms with E-state index in [1.54, 1.807) is 12.4 Å². The third kappa shape index (κ3) is 2.20. The Morgan fingerprint density at radius 2 is 1.60 bits per heavy atom. The van der Waals surface area contributed by atoms with Gasteiger partial charge in [-0.05, 0) is 17.7 Å². The van der Waals surface area contributed by atoms with Crippen molar-refractivity contribution in [1.82, 2.24) is 9.97 Å². The zero-order valence-electron chi connectivity index (χ0n) is 7.68. The molecule has 72 valence electrons. The SMILES string of the molecule is N#Cc1ncc(-c2ccc(Br)cc2)cn1. The monoisotopic (exact) mass is 259 g/mol. The summed E-state index contributed by atoms with van der Waals surface area (Å²) in [6.07, 6.45) is 3.30. The molecule has 0 radical (unpaired) electrons. The number of halogens is 1. The Hall–Kier alpha value is -1.73. The van der Waals surface area contributed by atoms with E-state index in [0.717, 1.165) is 15.6 Å². The van der Waals surface area contributed by atoms with E-state index in [1.165, 1.54) is 0 Å². The zero-order valence-corrected chi connectivity index (χ0v) is 9.27. The molecule has 0 amide bonds. The Balaban J connectivity index is 2.38. The summed E-state index contributed by atoms with van der Waals surface area (Å²) in [4.78, 5) is 7.82. The fraction of sp³-hybridized carbons (Fsp3) is 0. The first-order valence-electron chi connectivity index (χ1n) is 4.27. The number of nitriles is 1. The van der Waals surface area contributed by atoms with Crippen LogP contribution in [0.5, 0.6) is 0 Å². The normalized spacial score (nSPS) is 9.60. The standard InChI is InChI=1S/C11H6BrN3/c12-10-3-1-8(2-4-10)9-6-14-11(5-13)15-7-9/h1-4,6-7H. The van der Waals surface area contributed by atoms with Crippen molar-refractivity contribution in [3.05, 3.63) is 47.0 Å². The van der Waals surface area contributed by atoms with Crippen LogP contribution in [0.4, 0.5) is 0 Å². The quantitative estimate of drug-likeness (QED) is 0.792. The van der Waals surface area contributed by atoms with Crippen LogP contribution in [0.2, 0.25) is 0 Å². The summed E-state index contributed by atoms with van der Waals surface area (Å²) >= 11 is 3.37. The van der Waals surface area contributed by atoms with Crippen LogP contribution in [0.3, 0.4) is 0 Å².